The summed E-state index contributed by atoms with van der Waals surface area (Å²) in [4.78, 5) is 24.2. The van der Waals surface area contributed by atoms with Crippen molar-refractivity contribution in [2.75, 3.05) is 20.9 Å². The van der Waals surface area contributed by atoms with Gasteiger partial charge in [-0.05, 0) is 55.0 Å². The molecule has 1 fully saturated rings. The zero-order chi connectivity index (χ0) is 22.9. The van der Waals surface area contributed by atoms with Gasteiger partial charge >= 0.3 is 5.97 Å². The normalized spacial score (nSPS) is 16.7. The number of alkyl halides is 1. The van der Waals surface area contributed by atoms with Crippen molar-refractivity contribution in [1.29, 1.82) is 0 Å². The highest BCUT2D eigenvalue weighted by Gasteiger charge is 2.57. The van der Waals surface area contributed by atoms with Crippen molar-refractivity contribution in [1.82, 2.24) is 5.32 Å². The number of benzene rings is 2. The molecule has 4 rings (SSSR count). The summed E-state index contributed by atoms with van der Waals surface area (Å²) in [5.74, 6) is -0.00616. The van der Waals surface area contributed by atoms with Crippen LogP contribution in [0, 0.1) is 5.41 Å². The first-order valence-corrected chi connectivity index (χ1v) is 10.6. The van der Waals surface area contributed by atoms with Crippen molar-refractivity contribution in [2.45, 2.75) is 38.3 Å². The second-order valence-corrected chi connectivity index (χ2v) is 8.09. The number of carbonyl (C=O) groups excluding carboxylic acids is 1. The van der Waals surface area contributed by atoms with Crippen LogP contribution < -0.4 is 19.5 Å². The van der Waals surface area contributed by atoms with Crippen molar-refractivity contribution < 1.29 is 33.3 Å². The minimum atomic E-state index is -1.04. The van der Waals surface area contributed by atoms with E-state index >= 15 is 0 Å². The Kier molecular flexibility index (Phi) is 5.95. The molecule has 2 aromatic carbocycles. The van der Waals surface area contributed by atoms with E-state index in [9.17, 15) is 19.1 Å². The lowest BCUT2D eigenvalue weighted by atomic mass is 9.93. The summed E-state index contributed by atoms with van der Waals surface area (Å²) >= 11 is 0. The van der Waals surface area contributed by atoms with Gasteiger partial charge in [-0.15, -0.1) is 0 Å². The van der Waals surface area contributed by atoms with Crippen LogP contribution in [0.3, 0.4) is 0 Å². The van der Waals surface area contributed by atoms with Gasteiger partial charge in [-0.2, -0.15) is 0 Å². The number of methoxy groups -OCH3 is 2. The van der Waals surface area contributed by atoms with E-state index in [4.69, 9.17) is 14.2 Å². The first kappa shape index (κ1) is 21.9. The molecule has 0 radical (unpaired) electrons. The fourth-order valence-corrected chi connectivity index (χ4v) is 4.40. The van der Waals surface area contributed by atoms with E-state index in [-0.39, 0.29) is 18.7 Å². The van der Waals surface area contributed by atoms with Crippen LogP contribution in [-0.4, -0.2) is 44.0 Å². The van der Waals surface area contributed by atoms with E-state index in [1.807, 2.05) is 12.1 Å². The van der Waals surface area contributed by atoms with Crippen molar-refractivity contribution in [3.8, 4) is 28.4 Å². The van der Waals surface area contributed by atoms with E-state index in [0.717, 1.165) is 11.1 Å². The molecule has 2 N–H and O–H groups in total. The number of ether oxygens (including phenoxy) is 3. The SMILES string of the molecule is COc1ccc(-c2cccc3c2CNC3=O)c(OC(CCCF)C2(C(=O)O)CC2)c1OC. The van der Waals surface area contributed by atoms with E-state index in [0.29, 0.717) is 47.8 Å². The fourth-order valence-electron chi connectivity index (χ4n) is 4.40. The van der Waals surface area contributed by atoms with Crippen LogP contribution >= 0.6 is 0 Å². The maximum atomic E-state index is 13.0. The molecule has 0 spiro atoms. The molecule has 0 saturated heterocycles. The highest BCUT2D eigenvalue weighted by molar-refractivity contribution is 6.01. The Morgan fingerprint density at radius 1 is 1.12 bits per heavy atom. The number of amides is 1. The van der Waals surface area contributed by atoms with Crippen molar-refractivity contribution in [3.63, 3.8) is 0 Å². The molecule has 170 valence electrons. The Labute approximate surface area is 185 Å². The molecule has 1 aliphatic carbocycles. The molecule has 1 heterocycles. The second kappa shape index (κ2) is 8.68. The number of hydrogen-bond acceptors (Lipinski definition) is 5. The number of fused-ring (bicyclic) bond motifs is 1. The molecule has 7 nitrogen and oxygen atoms in total. The molecule has 1 unspecified atom stereocenters. The van der Waals surface area contributed by atoms with Gasteiger partial charge in [-0.25, -0.2) is 0 Å². The third-order valence-electron chi connectivity index (χ3n) is 6.33. The van der Waals surface area contributed by atoms with Crippen molar-refractivity contribution in [3.05, 3.63) is 41.5 Å². The topological polar surface area (TPSA) is 94.1 Å². The Bertz CT molecular complexity index is 1050. The monoisotopic (exact) mass is 443 g/mol. The lowest BCUT2D eigenvalue weighted by molar-refractivity contribution is -0.147. The van der Waals surface area contributed by atoms with Crippen LogP contribution in [0.4, 0.5) is 4.39 Å². The summed E-state index contributed by atoms with van der Waals surface area (Å²) in [6, 6.07) is 8.98. The van der Waals surface area contributed by atoms with E-state index in [2.05, 4.69) is 5.32 Å². The molecule has 0 bridgehead atoms. The molecule has 2 aliphatic rings. The molecule has 32 heavy (non-hydrogen) atoms. The zero-order valence-corrected chi connectivity index (χ0v) is 18.1. The Balaban J connectivity index is 1.85. The largest absolute Gasteiger partial charge is 0.493 e. The summed E-state index contributed by atoms with van der Waals surface area (Å²) in [5.41, 5.74) is 1.80. The van der Waals surface area contributed by atoms with Crippen LogP contribution in [0.25, 0.3) is 11.1 Å². The number of aliphatic carboxylic acids is 1. The van der Waals surface area contributed by atoms with Gasteiger partial charge in [0.05, 0.1) is 20.9 Å². The van der Waals surface area contributed by atoms with Gasteiger partial charge in [-0.3, -0.25) is 14.0 Å². The molecule has 8 heteroatoms. The summed E-state index contributed by atoms with van der Waals surface area (Å²) in [6.07, 6.45) is 0.669. The number of rotatable bonds is 10. The van der Waals surface area contributed by atoms with E-state index in [1.165, 1.54) is 14.2 Å². The number of carboxylic acids is 1. The van der Waals surface area contributed by atoms with Gasteiger partial charge in [0.25, 0.3) is 5.91 Å². The van der Waals surface area contributed by atoms with Crippen LogP contribution in [0.1, 0.15) is 41.6 Å². The maximum Gasteiger partial charge on any atom is 0.313 e. The number of hydrogen-bond donors (Lipinski definition) is 2. The highest BCUT2D eigenvalue weighted by atomic mass is 19.1. The van der Waals surface area contributed by atoms with E-state index in [1.54, 1.807) is 18.2 Å². The second-order valence-electron chi connectivity index (χ2n) is 8.09. The van der Waals surface area contributed by atoms with E-state index < -0.39 is 24.2 Å². The van der Waals surface area contributed by atoms with Gasteiger partial charge in [0, 0.05) is 17.7 Å². The number of carboxylic acid groups (broad SMARTS) is 1. The fraction of sp³-hybridized carbons (Fsp3) is 0.417. The number of nitrogens with one attached hydrogen (secondary N) is 1. The number of halogens is 1. The molecular formula is C24H26FNO6. The minimum Gasteiger partial charge on any atom is -0.493 e. The third kappa shape index (κ3) is 3.63. The Morgan fingerprint density at radius 3 is 2.50 bits per heavy atom. The summed E-state index contributed by atoms with van der Waals surface area (Å²) in [7, 11) is 2.99. The lowest BCUT2D eigenvalue weighted by Crippen LogP contribution is -2.35. The first-order valence-electron chi connectivity index (χ1n) is 10.6. The molecule has 1 aliphatic heterocycles. The van der Waals surface area contributed by atoms with Crippen molar-refractivity contribution in [2.24, 2.45) is 5.41 Å². The standard InChI is InChI=1S/C24H26FNO6/c1-30-18-9-8-15(14-5-3-6-16-17(14)13-26-22(16)27)20(21(18)31-2)32-19(7-4-12-25)24(10-11-24)23(28)29/h3,5-6,8-9,19H,4,7,10-13H2,1-2H3,(H,26,27)(H,28,29). The van der Waals surface area contributed by atoms with Gasteiger partial charge in [0.15, 0.2) is 11.5 Å². The Morgan fingerprint density at radius 2 is 1.88 bits per heavy atom. The smallest absolute Gasteiger partial charge is 0.313 e. The average Bonchev–Trinajstić information content (AvgIpc) is 3.53. The van der Waals surface area contributed by atoms with Crippen LogP contribution in [-0.2, 0) is 11.3 Å². The lowest BCUT2D eigenvalue weighted by Gasteiger charge is -2.28. The summed E-state index contributed by atoms with van der Waals surface area (Å²) < 4.78 is 30.5. The minimum absolute atomic E-state index is 0.145. The van der Waals surface area contributed by atoms with Crippen molar-refractivity contribution >= 4 is 11.9 Å². The van der Waals surface area contributed by atoms with Crippen LogP contribution in [0.15, 0.2) is 30.3 Å². The van der Waals surface area contributed by atoms with Gasteiger partial charge < -0.3 is 24.6 Å². The number of carbonyl (C=O) groups is 2. The molecule has 0 aromatic heterocycles. The highest BCUT2D eigenvalue weighted by Crippen LogP contribution is 2.54. The molecular weight excluding hydrogens is 417 g/mol. The first-order chi connectivity index (χ1) is 15.5. The van der Waals surface area contributed by atoms with Gasteiger partial charge in [-0.1, -0.05) is 12.1 Å². The van der Waals surface area contributed by atoms with Crippen LogP contribution in [0.5, 0.6) is 17.2 Å². The third-order valence-corrected chi connectivity index (χ3v) is 6.33. The predicted molar refractivity (Wildman–Crippen MR) is 115 cm³/mol. The summed E-state index contributed by atoms with van der Waals surface area (Å²) in [5, 5.41) is 12.7. The molecule has 1 atom stereocenters. The predicted octanol–water partition coefficient (Wildman–Crippen LogP) is 3.98. The summed E-state index contributed by atoms with van der Waals surface area (Å²) in [6.45, 7) is -0.180. The molecule has 1 amide bonds. The zero-order valence-electron chi connectivity index (χ0n) is 18.1. The molecule has 2 aromatic rings. The van der Waals surface area contributed by atoms with Gasteiger partial charge in [0.1, 0.15) is 11.5 Å². The Hall–Kier alpha value is -3.29. The van der Waals surface area contributed by atoms with Crippen LogP contribution in [0.2, 0.25) is 0 Å². The quantitative estimate of drug-likeness (QED) is 0.577. The maximum absolute atomic E-state index is 13.0. The average molecular weight is 443 g/mol. The van der Waals surface area contributed by atoms with Gasteiger partial charge in [0.2, 0.25) is 5.75 Å². The molecule has 1 saturated carbocycles.